The van der Waals surface area contributed by atoms with Gasteiger partial charge in [-0.3, -0.25) is 4.79 Å². The average Bonchev–Trinajstić information content (AvgIpc) is 2.96. The van der Waals surface area contributed by atoms with Crippen LogP contribution in [0, 0.1) is 5.92 Å². The van der Waals surface area contributed by atoms with Crippen LogP contribution >= 0.6 is 15.9 Å². The number of rotatable bonds is 6. The zero-order chi connectivity index (χ0) is 12.1. The largest absolute Gasteiger partial charge is 0.480 e. The maximum absolute atomic E-state index is 11.6. The van der Waals surface area contributed by atoms with E-state index in [4.69, 9.17) is 5.11 Å². The molecule has 16 heavy (non-hydrogen) atoms. The SMILES string of the molecule is C=C(Br)CNC(=O)N(CC(=O)O)CC1CC1. The molecule has 1 rings (SSSR count). The summed E-state index contributed by atoms with van der Waals surface area (Å²) in [5.41, 5.74) is 0. The third-order valence-corrected chi connectivity index (χ3v) is 2.50. The second kappa shape index (κ2) is 5.89. The second-order valence-electron chi connectivity index (χ2n) is 3.89. The standard InChI is InChI=1S/C10H15BrN2O3/c1-7(11)4-12-10(16)13(6-9(14)15)5-8-2-3-8/h8H,1-6H2,(H,12,16)(H,14,15). The van der Waals surface area contributed by atoms with Gasteiger partial charge in [-0.1, -0.05) is 22.5 Å². The number of aliphatic carboxylic acids is 1. The fourth-order valence-corrected chi connectivity index (χ4v) is 1.42. The Morgan fingerprint density at radius 2 is 2.12 bits per heavy atom. The number of nitrogens with one attached hydrogen (secondary N) is 1. The van der Waals surface area contributed by atoms with Crippen LogP contribution < -0.4 is 5.32 Å². The van der Waals surface area contributed by atoms with Gasteiger partial charge in [0.15, 0.2) is 0 Å². The summed E-state index contributed by atoms with van der Waals surface area (Å²) in [7, 11) is 0. The highest BCUT2D eigenvalue weighted by atomic mass is 79.9. The summed E-state index contributed by atoms with van der Waals surface area (Å²) in [6, 6.07) is -0.352. The predicted octanol–water partition coefficient (Wildman–Crippen LogP) is 1.40. The number of urea groups is 1. The Labute approximate surface area is 103 Å². The fraction of sp³-hybridized carbons (Fsp3) is 0.600. The van der Waals surface area contributed by atoms with Gasteiger partial charge in [-0.25, -0.2) is 4.79 Å². The third kappa shape index (κ3) is 5.16. The van der Waals surface area contributed by atoms with Crippen molar-refractivity contribution in [2.75, 3.05) is 19.6 Å². The van der Waals surface area contributed by atoms with Crippen molar-refractivity contribution in [2.24, 2.45) is 5.92 Å². The molecule has 90 valence electrons. The summed E-state index contributed by atoms with van der Waals surface area (Å²) in [4.78, 5) is 23.6. The first-order valence-corrected chi connectivity index (χ1v) is 5.86. The van der Waals surface area contributed by atoms with Crippen LogP contribution in [-0.4, -0.2) is 41.6 Å². The fourth-order valence-electron chi connectivity index (χ4n) is 1.28. The van der Waals surface area contributed by atoms with Crippen molar-refractivity contribution in [3.8, 4) is 0 Å². The number of nitrogens with zero attached hydrogens (tertiary/aromatic N) is 1. The van der Waals surface area contributed by atoms with Crippen LogP contribution in [0.3, 0.4) is 0 Å². The lowest BCUT2D eigenvalue weighted by Gasteiger charge is -2.20. The lowest BCUT2D eigenvalue weighted by Crippen LogP contribution is -2.44. The predicted molar refractivity (Wildman–Crippen MR) is 63.4 cm³/mol. The molecule has 2 N–H and O–H groups in total. The zero-order valence-corrected chi connectivity index (χ0v) is 10.5. The second-order valence-corrected chi connectivity index (χ2v) is 5.02. The Bertz CT molecular complexity index is 302. The van der Waals surface area contributed by atoms with E-state index in [9.17, 15) is 9.59 Å². The molecular formula is C10H15BrN2O3. The number of hydrogen-bond donors (Lipinski definition) is 2. The average molecular weight is 291 g/mol. The Balaban J connectivity index is 2.41. The molecule has 0 spiro atoms. The molecule has 0 bridgehead atoms. The monoisotopic (exact) mass is 290 g/mol. The van der Waals surface area contributed by atoms with Crippen molar-refractivity contribution in [1.29, 1.82) is 0 Å². The Morgan fingerprint density at radius 3 is 2.56 bits per heavy atom. The zero-order valence-electron chi connectivity index (χ0n) is 8.91. The minimum absolute atomic E-state index is 0.253. The van der Waals surface area contributed by atoms with Gasteiger partial charge in [0.25, 0.3) is 0 Å². The van der Waals surface area contributed by atoms with Gasteiger partial charge in [-0.2, -0.15) is 0 Å². The topological polar surface area (TPSA) is 69.6 Å². The van der Waals surface area contributed by atoms with E-state index in [1.54, 1.807) is 0 Å². The van der Waals surface area contributed by atoms with Crippen molar-refractivity contribution in [3.05, 3.63) is 11.1 Å². The first-order valence-electron chi connectivity index (χ1n) is 5.07. The molecule has 1 aliphatic rings. The molecule has 0 aromatic heterocycles. The number of hydrogen-bond acceptors (Lipinski definition) is 2. The summed E-state index contributed by atoms with van der Waals surface area (Å²) in [6.45, 7) is 4.16. The van der Waals surface area contributed by atoms with Crippen LogP contribution in [0.4, 0.5) is 4.79 Å². The Morgan fingerprint density at radius 1 is 1.50 bits per heavy atom. The van der Waals surface area contributed by atoms with Crippen LogP contribution in [0.15, 0.2) is 11.1 Å². The third-order valence-electron chi connectivity index (χ3n) is 2.22. The maximum atomic E-state index is 11.6. The molecule has 1 aliphatic carbocycles. The van der Waals surface area contributed by atoms with Gasteiger partial charge in [0.2, 0.25) is 0 Å². The summed E-state index contributed by atoms with van der Waals surface area (Å²) in [6.07, 6.45) is 2.16. The molecule has 0 unspecified atom stereocenters. The van der Waals surface area contributed by atoms with Crippen molar-refractivity contribution in [1.82, 2.24) is 10.2 Å². The molecule has 2 amide bonds. The van der Waals surface area contributed by atoms with E-state index in [0.29, 0.717) is 23.5 Å². The molecule has 0 aliphatic heterocycles. The van der Waals surface area contributed by atoms with Crippen LogP contribution in [-0.2, 0) is 4.79 Å². The number of carboxylic acids is 1. The van der Waals surface area contributed by atoms with Crippen molar-refractivity contribution in [2.45, 2.75) is 12.8 Å². The molecule has 0 aromatic carbocycles. The van der Waals surface area contributed by atoms with Crippen LogP contribution in [0.2, 0.25) is 0 Å². The summed E-state index contributed by atoms with van der Waals surface area (Å²) in [5.74, 6) is -0.522. The van der Waals surface area contributed by atoms with E-state index >= 15 is 0 Å². The normalized spacial score (nSPS) is 14.3. The van der Waals surface area contributed by atoms with Gasteiger partial charge in [-0.15, -0.1) is 0 Å². The highest BCUT2D eigenvalue weighted by Gasteiger charge is 2.27. The van der Waals surface area contributed by atoms with E-state index in [2.05, 4.69) is 27.8 Å². The summed E-state index contributed by atoms with van der Waals surface area (Å²) < 4.78 is 0.655. The van der Waals surface area contributed by atoms with Crippen molar-refractivity contribution < 1.29 is 14.7 Å². The number of carbonyl (C=O) groups excluding carboxylic acids is 1. The highest BCUT2D eigenvalue weighted by molar-refractivity contribution is 9.11. The van der Waals surface area contributed by atoms with Crippen molar-refractivity contribution >= 4 is 27.9 Å². The lowest BCUT2D eigenvalue weighted by atomic mass is 10.3. The maximum Gasteiger partial charge on any atom is 0.323 e. The molecule has 1 fully saturated rings. The first-order chi connectivity index (χ1) is 7.49. The number of carboxylic acid groups (broad SMARTS) is 1. The van der Waals surface area contributed by atoms with Crippen LogP contribution in [0.25, 0.3) is 0 Å². The molecule has 0 heterocycles. The number of amides is 2. The Kier molecular flexibility index (Phi) is 4.79. The van der Waals surface area contributed by atoms with E-state index in [0.717, 1.165) is 12.8 Å². The smallest absolute Gasteiger partial charge is 0.323 e. The molecule has 1 saturated carbocycles. The molecule has 0 saturated heterocycles. The minimum Gasteiger partial charge on any atom is -0.480 e. The summed E-state index contributed by atoms with van der Waals surface area (Å²) in [5, 5.41) is 11.3. The van der Waals surface area contributed by atoms with Gasteiger partial charge in [-0.05, 0) is 18.8 Å². The van der Waals surface area contributed by atoms with Gasteiger partial charge >= 0.3 is 12.0 Å². The molecule has 0 atom stereocenters. The van der Waals surface area contributed by atoms with Gasteiger partial charge in [0, 0.05) is 11.0 Å². The molecule has 0 aromatic rings. The van der Waals surface area contributed by atoms with Gasteiger partial charge in [0.05, 0.1) is 6.54 Å². The molecule has 0 radical (unpaired) electrons. The Hall–Kier alpha value is -1.04. The highest BCUT2D eigenvalue weighted by Crippen LogP contribution is 2.29. The molecule has 6 heteroatoms. The van der Waals surface area contributed by atoms with E-state index in [1.807, 2.05) is 0 Å². The van der Waals surface area contributed by atoms with Crippen molar-refractivity contribution in [3.63, 3.8) is 0 Å². The minimum atomic E-state index is -0.992. The van der Waals surface area contributed by atoms with E-state index < -0.39 is 5.97 Å². The van der Waals surface area contributed by atoms with Crippen LogP contribution in [0.5, 0.6) is 0 Å². The number of carbonyl (C=O) groups is 2. The first kappa shape index (κ1) is 13.0. The van der Waals surface area contributed by atoms with Gasteiger partial charge < -0.3 is 15.3 Å². The molecule has 5 nitrogen and oxygen atoms in total. The quantitative estimate of drug-likeness (QED) is 0.777. The summed E-state index contributed by atoms with van der Waals surface area (Å²) >= 11 is 3.12. The number of halogens is 1. The van der Waals surface area contributed by atoms with E-state index in [-0.39, 0.29) is 12.6 Å². The van der Waals surface area contributed by atoms with Crippen LogP contribution in [0.1, 0.15) is 12.8 Å². The lowest BCUT2D eigenvalue weighted by molar-refractivity contribution is -0.137. The van der Waals surface area contributed by atoms with E-state index in [1.165, 1.54) is 4.90 Å². The van der Waals surface area contributed by atoms with Gasteiger partial charge in [0.1, 0.15) is 6.54 Å². The molecular weight excluding hydrogens is 276 g/mol.